The van der Waals surface area contributed by atoms with Crippen molar-refractivity contribution in [3.8, 4) is 11.6 Å². The molecule has 0 aliphatic carbocycles. The van der Waals surface area contributed by atoms with Gasteiger partial charge in [-0.2, -0.15) is 13.2 Å². The first kappa shape index (κ1) is 13.2. The van der Waals surface area contributed by atoms with Gasteiger partial charge in [0, 0.05) is 17.4 Å². The summed E-state index contributed by atoms with van der Waals surface area (Å²) >= 11 is 0. The van der Waals surface area contributed by atoms with Gasteiger partial charge in [-0.1, -0.05) is 6.07 Å². The second-order valence-corrected chi connectivity index (χ2v) is 3.98. The molecule has 0 saturated carbocycles. The van der Waals surface area contributed by atoms with E-state index in [0.717, 1.165) is 6.07 Å². The molecule has 19 heavy (non-hydrogen) atoms. The average Bonchev–Trinajstić information content (AvgIpc) is 2.33. The van der Waals surface area contributed by atoms with E-state index in [1.54, 1.807) is 19.1 Å². The maximum atomic E-state index is 12.9. The Labute approximate surface area is 107 Å². The van der Waals surface area contributed by atoms with Crippen molar-refractivity contribution in [3.05, 3.63) is 47.7 Å². The summed E-state index contributed by atoms with van der Waals surface area (Å²) in [6.07, 6.45) is -3.08. The van der Waals surface area contributed by atoms with Gasteiger partial charge < -0.3 is 10.5 Å². The standard InChI is InChI=1S/C13H11F3N2O/c1-8-3-2-6-18-12(8)19-11-5-4-9(17)7-10(11)13(14,15)16/h2-7H,17H2,1H3. The Bertz CT molecular complexity index is 597. The molecule has 1 aromatic carbocycles. The Hall–Kier alpha value is -2.24. The molecule has 0 saturated heterocycles. The minimum Gasteiger partial charge on any atom is -0.438 e. The largest absolute Gasteiger partial charge is 0.438 e. The Morgan fingerprint density at radius 3 is 2.58 bits per heavy atom. The van der Waals surface area contributed by atoms with Crippen molar-refractivity contribution >= 4 is 5.69 Å². The third-order valence-electron chi connectivity index (χ3n) is 2.48. The topological polar surface area (TPSA) is 48.1 Å². The Morgan fingerprint density at radius 1 is 1.21 bits per heavy atom. The van der Waals surface area contributed by atoms with Gasteiger partial charge in [-0.05, 0) is 31.2 Å². The molecule has 0 atom stereocenters. The van der Waals surface area contributed by atoms with Crippen molar-refractivity contribution in [2.45, 2.75) is 13.1 Å². The van der Waals surface area contributed by atoms with Crippen molar-refractivity contribution < 1.29 is 17.9 Å². The van der Waals surface area contributed by atoms with E-state index < -0.39 is 11.7 Å². The van der Waals surface area contributed by atoms with Crippen molar-refractivity contribution in [2.75, 3.05) is 5.73 Å². The molecule has 0 aliphatic heterocycles. The molecule has 2 rings (SSSR count). The second-order valence-electron chi connectivity index (χ2n) is 3.98. The summed E-state index contributed by atoms with van der Waals surface area (Å²) in [5.74, 6) is -0.179. The van der Waals surface area contributed by atoms with E-state index in [1.807, 2.05) is 0 Å². The zero-order valence-electron chi connectivity index (χ0n) is 10.0. The lowest BCUT2D eigenvalue weighted by atomic mass is 10.1. The Kier molecular flexibility index (Phi) is 3.33. The molecule has 1 heterocycles. The number of nitrogens with two attached hydrogens (primary N) is 1. The van der Waals surface area contributed by atoms with Crippen LogP contribution in [0.4, 0.5) is 18.9 Å². The van der Waals surface area contributed by atoms with E-state index in [1.165, 1.54) is 18.3 Å². The number of nitrogen functional groups attached to an aromatic ring is 1. The predicted molar refractivity (Wildman–Crippen MR) is 64.9 cm³/mol. The fourth-order valence-electron chi connectivity index (χ4n) is 1.54. The molecule has 0 unspecified atom stereocenters. The van der Waals surface area contributed by atoms with Crippen LogP contribution in [0.1, 0.15) is 11.1 Å². The van der Waals surface area contributed by atoms with Crippen LogP contribution < -0.4 is 10.5 Å². The van der Waals surface area contributed by atoms with Crippen molar-refractivity contribution in [3.63, 3.8) is 0 Å². The highest BCUT2D eigenvalue weighted by Gasteiger charge is 2.35. The van der Waals surface area contributed by atoms with Crippen LogP contribution in [0, 0.1) is 6.92 Å². The number of rotatable bonds is 2. The fourth-order valence-corrected chi connectivity index (χ4v) is 1.54. The van der Waals surface area contributed by atoms with Crippen LogP contribution in [0.3, 0.4) is 0 Å². The van der Waals surface area contributed by atoms with Gasteiger partial charge in [0.1, 0.15) is 11.3 Å². The zero-order chi connectivity index (χ0) is 14.0. The average molecular weight is 268 g/mol. The normalized spacial score (nSPS) is 11.4. The Morgan fingerprint density at radius 2 is 1.95 bits per heavy atom. The van der Waals surface area contributed by atoms with Crippen LogP contribution >= 0.6 is 0 Å². The molecule has 0 spiro atoms. The summed E-state index contributed by atoms with van der Waals surface area (Å²) in [5, 5.41) is 0. The molecule has 2 N–H and O–H groups in total. The summed E-state index contributed by atoms with van der Waals surface area (Å²) in [6.45, 7) is 1.70. The number of nitrogens with zero attached hydrogens (tertiary/aromatic N) is 1. The van der Waals surface area contributed by atoms with E-state index in [-0.39, 0.29) is 17.3 Å². The van der Waals surface area contributed by atoms with Crippen LogP contribution in [0.25, 0.3) is 0 Å². The number of aromatic nitrogens is 1. The van der Waals surface area contributed by atoms with Crippen LogP contribution in [0.2, 0.25) is 0 Å². The quantitative estimate of drug-likeness (QED) is 0.843. The van der Waals surface area contributed by atoms with E-state index in [4.69, 9.17) is 10.5 Å². The lowest BCUT2D eigenvalue weighted by Crippen LogP contribution is -2.08. The highest BCUT2D eigenvalue weighted by molar-refractivity contribution is 5.50. The first-order valence-corrected chi connectivity index (χ1v) is 5.44. The molecule has 0 fully saturated rings. The van der Waals surface area contributed by atoms with Crippen LogP contribution in [-0.2, 0) is 6.18 Å². The summed E-state index contributed by atoms with van der Waals surface area (Å²) in [4.78, 5) is 3.90. The van der Waals surface area contributed by atoms with Gasteiger partial charge in [-0.3, -0.25) is 0 Å². The maximum absolute atomic E-state index is 12.9. The number of hydrogen-bond acceptors (Lipinski definition) is 3. The van der Waals surface area contributed by atoms with Gasteiger partial charge >= 0.3 is 6.18 Å². The van der Waals surface area contributed by atoms with Gasteiger partial charge in [-0.15, -0.1) is 0 Å². The van der Waals surface area contributed by atoms with Crippen molar-refractivity contribution in [1.29, 1.82) is 0 Å². The smallest absolute Gasteiger partial charge is 0.420 e. The lowest BCUT2D eigenvalue weighted by Gasteiger charge is -2.14. The van der Waals surface area contributed by atoms with Gasteiger partial charge in [0.2, 0.25) is 5.88 Å². The van der Waals surface area contributed by atoms with E-state index in [0.29, 0.717) is 5.56 Å². The van der Waals surface area contributed by atoms with Crippen LogP contribution in [0.5, 0.6) is 11.6 Å². The van der Waals surface area contributed by atoms with Crippen molar-refractivity contribution in [2.24, 2.45) is 0 Å². The molecule has 6 heteroatoms. The highest BCUT2D eigenvalue weighted by atomic mass is 19.4. The van der Waals surface area contributed by atoms with Gasteiger partial charge in [0.15, 0.2) is 0 Å². The first-order chi connectivity index (χ1) is 8.88. The molecular formula is C13H11F3N2O. The van der Waals surface area contributed by atoms with E-state index >= 15 is 0 Å². The minimum atomic E-state index is -4.53. The second kappa shape index (κ2) is 4.79. The van der Waals surface area contributed by atoms with Gasteiger partial charge in [0.25, 0.3) is 0 Å². The zero-order valence-corrected chi connectivity index (χ0v) is 10.0. The molecule has 100 valence electrons. The highest BCUT2D eigenvalue weighted by Crippen LogP contribution is 2.39. The van der Waals surface area contributed by atoms with Crippen molar-refractivity contribution in [1.82, 2.24) is 4.98 Å². The van der Waals surface area contributed by atoms with Crippen LogP contribution in [-0.4, -0.2) is 4.98 Å². The SMILES string of the molecule is Cc1cccnc1Oc1ccc(N)cc1C(F)(F)F. The summed E-state index contributed by atoms with van der Waals surface area (Å²) in [6, 6.07) is 6.76. The van der Waals surface area contributed by atoms with Gasteiger partial charge in [0.05, 0.1) is 0 Å². The summed E-state index contributed by atoms with van der Waals surface area (Å²) in [5.41, 5.74) is 5.13. The molecule has 2 aromatic rings. The molecule has 0 radical (unpaired) electrons. The monoisotopic (exact) mass is 268 g/mol. The predicted octanol–water partition coefficient (Wildman–Crippen LogP) is 3.78. The molecule has 3 nitrogen and oxygen atoms in total. The third kappa shape index (κ3) is 2.96. The number of pyridine rings is 1. The summed E-state index contributed by atoms with van der Waals surface area (Å²) in [7, 11) is 0. The van der Waals surface area contributed by atoms with Gasteiger partial charge in [-0.25, -0.2) is 4.98 Å². The number of benzene rings is 1. The number of aryl methyl sites for hydroxylation is 1. The fraction of sp³-hybridized carbons (Fsp3) is 0.154. The lowest BCUT2D eigenvalue weighted by molar-refractivity contribution is -0.138. The molecule has 1 aromatic heterocycles. The number of ether oxygens (including phenoxy) is 1. The summed E-state index contributed by atoms with van der Waals surface area (Å²) < 4.78 is 43.9. The third-order valence-corrected chi connectivity index (χ3v) is 2.48. The van der Waals surface area contributed by atoms with E-state index in [9.17, 15) is 13.2 Å². The first-order valence-electron chi connectivity index (χ1n) is 5.44. The minimum absolute atomic E-state index is 0.0254. The number of hydrogen-bond donors (Lipinski definition) is 1. The number of halogens is 3. The molecule has 0 aliphatic rings. The Balaban J connectivity index is 2.44. The number of anilines is 1. The van der Waals surface area contributed by atoms with Crippen LogP contribution in [0.15, 0.2) is 36.5 Å². The number of alkyl halides is 3. The maximum Gasteiger partial charge on any atom is 0.420 e. The molecule has 0 bridgehead atoms. The molecular weight excluding hydrogens is 257 g/mol. The molecule has 0 amide bonds. The van der Waals surface area contributed by atoms with E-state index in [2.05, 4.69) is 4.98 Å².